The van der Waals surface area contributed by atoms with Crippen LogP contribution in [0.1, 0.15) is 25.8 Å². The summed E-state index contributed by atoms with van der Waals surface area (Å²) < 4.78 is 13.8. The molecule has 0 aliphatic carbocycles. The van der Waals surface area contributed by atoms with E-state index in [1.54, 1.807) is 13.1 Å². The van der Waals surface area contributed by atoms with Crippen molar-refractivity contribution in [3.8, 4) is 0 Å². The van der Waals surface area contributed by atoms with Crippen LogP contribution in [0.5, 0.6) is 0 Å². The number of halogens is 2. The Bertz CT molecular complexity index is 421. The van der Waals surface area contributed by atoms with Gasteiger partial charge in [0.1, 0.15) is 5.82 Å². The van der Waals surface area contributed by atoms with Crippen LogP contribution in [0.3, 0.4) is 0 Å². The Balaban J connectivity index is 2.55. The molecule has 0 radical (unpaired) electrons. The van der Waals surface area contributed by atoms with E-state index in [0.29, 0.717) is 17.1 Å². The van der Waals surface area contributed by atoms with Crippen molar-refractivity contribution in [1.29, 1.82) is 0 Å². The molecule has 1 aromatic carbocycles. The molecule has 0 aromatic heterocycles. The van der Waals surface area contributed by atoms with E-state index in [0.717, 1.165) is 17.9 Å². The Morgan fingerprint density at radius 3 is 2.78 bits per heavy atom. The molecular weight excluding hydrogens is 297 g/mol. The van der Waals surface area contributed by atoms with Gasteiger partial charge in [0.25, 0.3) is 0 Å². The van der Waals surface area contributed by atoms with Gasteiger partial charge in [-0.05, 0) is 47.0 Å². The number of rotatable bonds is 4. The largest absolute Gasteiger partial charge is 0.354 e. The first kappa shape index (κ1) is 15.0. The Kier molecular flexibility index (Phi) is 6.12. The Hall–Kier alpha value is -1.10. The van der Waals surface area contributed by atoms with E-state index in [2.05, 4.69) is 45.4 Å². The number of aliphatic imine (C=N–C) groups is 1. The SMILES string of the molecule is CCC(C)NC(=NC)NCc1ccc(Br)c(F)c1. The minimum Gasteiger partial charge on any atom is -0.354 e. The summed E-state index contributed by atoms with van der Waals surface area (Å²) >= 11 is 3.13. The van der Waals surface area contributed by atoms with Crippen molar-refractivity contribution in [3.63, 3.8) is 0 Å². The Labute approximate surface area is 116 Å². The van der Waals surface area contributed by atoms with Crippen LogP contribution in [0.2, 0.25) is 0 Å². The van der Waals surface area contributed by atoms with Crippen LogP contribution in [-0.2, 0) is 6.54 Å². The minimum absolute atomic E-state index is 0.251. The van der Waals surface area contributed by atoms with Crippen molar-refractivity contribution in [2.45, 2.75) is 32.9 Å². The van der Waals surface area contributed by atoms with E-state index in [4.69, 9.17) is 0 Å². The molecule has 3 nitrogen and oxygen atoms in total. The van der Waals surface area contributed by atoms with Crippen LogP contribution in [0.15, 0.2) is 27.7 Å². The van der Waals surface area contributed by atoms with Gasteiger partial charge in [-0.25, -0.2) is 4.39 Å². The van der Waals surface area contributed by atoms with Crippen molar-refractivity contribution in [2.75, 3.05) is 7.05 Å². The molecule has 100 valence electrons. The highest BCUT2D eigenvalue weighted by Crippen LogP contribution is 2.16. The topological polar surface area (TPSA) is 36.4 Å². The summed E-state index contributed by atoms with van der Waals surface area (Å²) in [4.78, 5) is 4.12. The lowest BCUT2D eigenvalue weighted by molar-refractivity contribution is 0.614. The maximum atomic E-state index is 13.3. The van der Waals surface area contributed by atoms with Gasteiger partial charge in [0.2, 0.25) is 0 Å². The minimum atomic E-state index is -0.251. The summed E-state index contributed by atoms with van der Waals surface area (Å²) in [6.07, 6.45) is 1.02. The second kappa shape index (κ2) is 7.36. The van der Waals surface area contributed by atoms with Gasteiger partial charge in [-0.15, -0.1) is 0 Å². The van der Waals surface area contributed by atoms with Crippen molar-refractivity contribution in [1.82, 2.24) is 10.6 Å². The molecule has 0 amide bonds. The molecule has 1 aromatic rings. The van der Waals surface area contributed by atoms with Crippen LogP contribution < -0.4 is 10.6 Å². The number of nitrogens with zero attached hydrogens (tertiary/aromatic N) is 1. The molecule has 5 heteroatoms. The van der Waals surface area contributed by atoms with Crippen LogP contribution in [0.25, 0.3) is 0 Å². The molecule has 0 spiro atoms. The first-order valence-corrected chi connectivity index (χ1v) is 6.77. The second-order valence-corrected chi connectivity index (χ2v) is 4.98. The lowest BCUT2D eigenvalue weighted by Crippen LogP contribution is -2.41. The van der Waals surface area contributed by atoms with E-state index in [1.165, 1.54) is 6.07 Å². The fourth-order valence-corrected chi connectivity index (χ4v) is 1.61. The highest BCUT2D eigenvalue weighted by molar-refractivity contribution is 9.10. The number of guanidine groups is 1. The molecule has 1 atom stereocenters. The summed E-state index contributed by atoms with van der Waals surface area (Å²) in [5, 5.41) is 6.40. The molecule has 2 N–H and O–H groups in total. The van der Waals surface area contributed by atoms with Crippen LogP contribution in [0, 0.1) is 5.82 Å². The van der Waals surface area contributed by atoms with Crippen molar-refractivity contribution in [2.24, 2.45) is 4.99 Å². The fraction of sp³-hybridized carbons (Fsp3) is 0.462. The van der Waals surface area contributed by atoms with E-state index in [-0.39, 0.29) is 5.82 Å². The summed E-state index contributed by atoms with van der Waals surface area (Å²) in [7, 11) is 1.72. The molecule has 18 heavy (non-hydrogen) atoms. The molecule has 0 saturated heterocycles. The first-order chi connectivity index (χ1) is 8.56. The Morgan fingerprint density at radius 2 is 2.22 bits per heavy atom. The highest BCUT2D eigenvalue weighted by Gasteiger charge is 2.04. The summed E-state index contributed by atoms with van der Waals surface area (Å²) in [6.45, 7) is 4.74. The predicted octanol–water partition coefficient (Wildman–Crippen LogP) is 3.05. The zero-order valence-electron chi connectivity index (χ0n) is 10.9. The van der Waals surface area contributed by atoms with Gasteiger partial charge in [0, 0.05) is 19.6 Å². The molecule has 0 fully saturated rings. The lowest BCUT2D eigenvalue weighted by Gasteiger charge is -2.16. The van der Waals surface area contributed by atoms with Crippen LogP contribution >= 0.6 is 15.9 Å². The molecule has 0 aliphatic heterocycles. The third-order valence-electron chi connectivity index (χ3n) is 2.66. The van der Waals surface area contributed by atoms with Crippen molar-refractivity contribution < 1.29 is 4.39 Å². The third-order valence-corrected chi connectivity index (χ3v) is 3.31. The van der Waals surface area contributed by atoms with Crippen LogP contribution in [-0.4, -0.2) is 19.0 Å². The summed E-state index contributed by atoms with van der Waals surface area (Å²) in [5.74, 6) is 0.479. The average molecular weight is 316 g/mol. The van der Waals surface area contributed by atoms with Gasteiger partial charge >= 0.3 is 0 Å². The maximum Gasteiger partial charge on any atom is 0.191 e. The summed E-state index contributed by atoms with van der Waals surface area (Å²) in [5.41, 5.74) is 0.878. The number of hydrogen-bond acceptors (Lipinski definition) is 1. The number of nitrogens with one attached hydrogen (secondary N) is 2. The molecule has 0 aliphatic rings. The van der Waals surface area contributed by atoms with Gasteiger partial charge in [0.05, 0.1) is 4.47 Å². The van der Waals surface area contributed by atoms with Gasteiger partial charge in [0.15, 0.2) is 5.96 Å². The summed E-state index contributed by atoms with van der Waals surface area (Å²) in [6, 6.07) is 5.44. The van der Waals surface area contributed by atoms with Gasteiger partial charge in [-0.2, -0.15) is 0 Å². The third kappa shape index (κ3) is 4.64. The molecule has 1 rings (SSSR count). The molecule has 0 bridgehead atoms. The predicted molar refractivity (Wildman–Crippen MR) is 77.2 cm³/mol. The lowest BCUT2D eigenvalue weighted by atomic mass is 10.2. The van der Waals surface area contributed by atoms with E-state index in [9.17, 15) is 4.39 Å². The number of hydrogen-bond donors (Lipinski definition) is 2. The first-order valence-electron chi connectivity index (χ1n) is 5.98. The highest BCUT2D eigenvalue weighted by atomic mass is 79.9. The van der Waals surface area contributed by atoms with Gasteiger partial charge in [-0.3, -0.25) is 4.99 Å². The normalized spacial score (nSPS) is 13.3. The van der Waals surface area contributed by atoms with Crippen molar-refractivity contribution in [3.05, 3.63) is 34.1 Å². The van der Waals surface area contributed by atoms with E-state index in [1.807, 2.05) is 6.07 Å². The van der Waals surface area contributed by atoms with Crippen molar-refractivity contribution >= 4 is 21.9 Å². The maximum absolute atomic E-state index is 13.3. The van der Waals surface area contributed by atoms with Gasteiger partial charge in [-0.1, -0.05) is 13.0 Å². The average Bonchev–Trinajstić information content (AvgIpc) is 2.38. The second-order valence-electron chi connectivity index (χ2n) is 4.13. The molecule has 1 unspecified atom stereocenters. The Morgan fingerprint density at radius 1 is 1.50 bits per heavy atom. The fourth-order valence-electron chi connectivity index (χ4n) is 1.37. The zero-order chi connectivity index (χ0) is 13.5. The van der Waals surface area contributed by atoms with Crippen LogP contribution in [0.4, 0.5) is 4.39 Å². The van der Waals surface area contributed by atoms with Gasteiger partial charge < -0.3 is 10.6 Å². The molecule has 0 saturated carbocycles. The molecule has 0 heterocycles. The standard InChI is InChI=1S/C13H19BrFN3/c1-4-9(2)18-13(16-3)17-8-10-5-6-11(14)12(15)7-10/h5-7,9H,4,8H2,1-3H3,(H2,16,17,18). The zero-order valence-corrected chi connectivity index (χ0v) is 12.5. The quantitative estimate of drug-likeness (QED) is 0.662. The van der Waals surface area contributed by atoms with E-state index < -0.39 is 0 Å². The monoisotopic (exact) mass is 315 g/mol. The molecular formula is C13H19BrFN3. The smallest absolute Gasteiger partial charge is 0.191 e. The van der Waals surface area contributed by atoms with E-state index >= 15 is 0 Å². The number of benzene rings is 1.